The van der Waals surface area contributed by atoms with E-state index in [2.05, 4.69) is 5.32 Å². The lowest BCUT2D eigenvalue weighted by Crippen LogP contribution is -2.43. The molecule has 0 radical (unpaired) electrons. The summed E-state index contributed by atoms with van der Waals surface area (Å²) in [4.78, 5) is 24.0. The minimum Gasteiger partial charge on any atom is -0.481 e. The maximum absolute atomic E-state index is 14.1. The zero-order valence-corrected chi connectivity index (χ0v) is 15.0. The van der Waals surface area contributed by atoms with E-state index in [-0.39, 0.29) is 17.1 Å². The van der Waals surface area contributed by atoms with Gasteiger partial charge in [-0.05, 0) is 43.7 Å². The number of carboxylic acids is 1. The van der Waals surface area contributed by atoms with Crippen LogP contribution in [0.15, 0.2) is 42.5 Å². The van der Waals surface area contributed by atoms with Crippen molar-refractivity contribution in [3.05, 3.63) is 70.2 Å². The third-order valence-electron chi connectivity index (χ3n) is 4.21. The van der Waals surface area contributed by atoms with Crippen LogP contribution in [0.4, 0.5) is 8.78 Å². The predicted octanol–water partition coefficient (Wildman–Crippen LogP) is 3.88. The number of carbonyl (C=O) groups excluding carboxylic acids is 1. The van der Waals surface area contributed by atoms with Gasteiger partial charge in [0.2, 0.25) is 5.91 Å². The van der Waals surface area contributed by atoms with Gasteiger partial charge in [-0.2, -0.15) is 0 Å². The lowest BCUT2D eigenvalue weighted by Gasteiger charge is -2.26. The fourth-order valence-electron chi connectivity index (χ4n) is 2.58. The van der Waals surface area contributed by atoms with E-state index in [4.69, 9.17) is 11.6 Å². The summed E-state index contributed by atoms with van der Waals surface area (Å²) in [5, 5.41) is 12.1. The van der Waals surface area contributed by atoms with Crippen LogP contribution >= 0.6 is 11.6 Å². The molecule has 0 saturated heterocycles. The van der Waals surface area contributed by atoms with E-state index in [9.17, 15) is 23.5 Å². The number of halogens is 3. The number of carboxylic acid groups (broad SMARTS) is 1. The lowest BCUT2D eigenvalue weighted by molar-refractivity contribution is -0.138. The first-order valence-corrected chi connectivity index (χ1v) is 8.23. The second-order valence-corrected chi connectivity index (χ2v) is 6.84. The number of benzene rings is 2. The molecule has 0 fully saturated rings. The van der Waals surface area contributed by atoms with Gasteiger partial charge in [-0.15, -0.1) is 0 Å². The highest BCUT2D eigenvalue weighted by atomic mass is 35.5. The van der Waals surface area contributed by atoms with Gasteiger partial charge < -0.3 is 10.4 Å². The fourth-order valence-corrected chi connectivity index (χ4v) is 2.74. The number of hydrogen-bond acceptors (Lipinski definition) is 2. The van der Waals surface area contributed by atoms with Gasteiger partial charge in [0.1, 0.15) is 11.6 Å². The Balaban J connectivity index is 2.16. The van der Waals surface area contributed by atoms with Crippen molar-refractivity contribution < 1.29 is 23.5 Å². The summed E-state index contributed by atoms with van der Waals surface area (Å²) < 4.78 is 27.2. The van der Waals surface area contributed by atoms with E-state index in [0.29, 0.717) is 5.56 Å². The molecule has 4 nitrogen and oxygen atoms in total. The molecule has 0 aliphatic heterocycles. The zero-order chi connectivity index (χ0) is 19.5. The van der Waals surface area contributed by atoms with Gasteiger partial charge in [-0.25, -0.2) is 8.78 Å². The van der Waals surface area contributed by atoms with E-state index >= 15 is 0 Å². The van der Waals surface area contributed by atoms with E-state index in [1.807, 2.05) is 0 Å². The Bertz CT molecular complexity index is 822. The molecule has 1 amide bonds. The summed E-state index contributed by atoms with van der Waals surface area (Å²) in [5.74, 6) is -3.85. The molecular weight excluding hydrogens is 364 g/mol. The topological polar surface area (TPSA) is 66.4 Å². The Morgan fingerprint density at radius 2 is 1.77 bits per heavy atom. The summed E-state index contributed by atoms with van der Waals surface area (Å²) in [6, 6.07) is 9.03. The van der Waals surface area contributed by atoms with Gasteiger partial charge in [0, 0.05) is 17.1 Å². The van der Waals surface area contributed by atoms with E-state index in [1.54, 1.807) is 0 Å². The minimum absolute atomic E-state index is 0.146. The highest BCUT2D eigenvalue weighted by Crippen LogP contribution is 2.28. The molecule has 0 heterocycles. The van der Waals surface area contributed by atoms with Crippen molar-refractivity contribution in [2.24, 2.45) is 0 Å². The van der Waals surface area contributed by atoms with Gasteiger partial charge in [0.15, 0.2) is 0 Å². The standard InChI is InChI=1S/C19H18ClF2NO3/c1-19(2,15-8-5-12(20)9-16(15)22)18(26)23-10-14(17(24)25)11-3-6-13(21)7-4-11/h3-9,14H,10H2,1-2H3,(H,23,26)(H,24,25). The Labute approximate surface area is 154 Å². The van der Waals surface area contributed by atoms with Crippen LogP contribution in [-0.4, -0.2) is 23.5 Å². The van der Waals surface area contributed by atoms with Crippen LogP contribution < -0.4 is 5.32 Å². The second-order valence-electron chi connectivity index (χ2n) is 6.40. The molecule has 138 valence electrons. The third-order valence-corrected chi connectivity index (χ3v) is 4.44. The highest BCUT2D eigenvalue weighted by Gasteiger charge is 2.33. The summed E-state index contributed by atoms with van der Waals surface area (Å²) >= 11 is 5.73. The van der Waals surface area contributed by atoms with E-state index < -0.39 is 34.8 Å². The number of amides is 1. The van der Waals surface area contributed by atoms with Gasteiger partial charge in [-0.3, -0.25) is 9.59 Å². The molecule has 7 heteroatoms. The highest BCUT2D eigenvalue weighted by molar-refractivity contribution is 6.30. The van der Waals surface area contributed by atoms with Crippen LogP contribution in [0, 0.1) is 11.6 Å². The first kappa shape index (κ1) is 19.8. The van der Waals surface area contributed by atoms with Crippen LogP contribution in [0.3, 0.4) is 0 Å². The van der Waals surface area contributed by atoms with E-state index in [1.165, 1.54) is 38.1 Å². The predicted molar refractivity (Wildman–Crippen MR) is 94.2 cm³/mol. The quantitative estimate of drug-likeness (QED) is 0.798. The van der Waals surface area contributed by atoms with Crippen LogP contribution in [0.25, 0.3) is 0 Å². The second kappa shape index (κ2) is 7.83. The first-order chi connectivity index (χ1) is 12.1. The Hall–Kier alpha value is -2.47. The fraction of sp³-hybridized carbons (Fsp3) is 0.263. The number of nitrogens with one attached hydrogen (secondary N) is 1. The molecule has 2 N–H and O–H groups in total. The summed E-state index contributed by atoms with van der Waals surface area (Å²) in [6.07, 6.45) is 0. The molecule has 0 aliphatic rings. The van der Waals surface area contributed by atoms with Crippen LogP contribution in [-0.2, 0) is 15.0 Å². The van der Waals surface area contributed by atoms with Crippen LogP contribution in [0.2, 0.25) is 5.02 Å². The molecule has 26 heavy (non-hydrogen) atoms. The van der Waals surface area contributed by atoms with Gasteiger partial charge >= 0.3 is 5.97 Å². The van der Waals surface area contributed by atoms with Gasteiger partial charge in [0.25, 0.3) is 0 Å². The molecule has 2 aromatic rings. The molecule has 1 atom stereocenters. The molecule has 0 saturated carbocycles. The Kier molecular flexibility index (Phi) is 5.97. The molecule has 0 aliphatic carbocycles. The molecule has 1 unspecified atom stereocenters. The Morgan fingerprint density at radius 3 is 2.31 bits per heavy atom. The average molecular weight is 382 g/mol. The SMILES string of the molecule is CC(C)(C(=O)NCC(C(=O)O)c1ccc(F)cc1)c1ccc(Cl)cc1F. The van der Waals surface area contributed by atoms with Crippen molar-refractivity contribution >= 4 is 23.5 Å². The number of aliphatic carboxylic acids is 1. The average Bonchev–Trinajstić information content (AvgIpc) is 2.55. The van der Waals surface area contributed by atoms with E-state index in [0.717, 1.165) is 18.2 Å². The van der Waals surface area contributed by atoms with Crippen LogP contribution in [0.5, 0.6) is 0 Å². The summed E-state index contributed by atoms with van der Waals surface area (Å²) in [7, 11) is 0. The molecule has 0 bridgehead atoms. The molecule has 0 aromatic heterocycles. The van der Waals surface area contributed by atoms with Crippen molar-refractivity contribution in [2.75, 3.05) is 6.54 Å². The maximum atomic E-state index is 14.1. The summed E-state index contributed by atoms with van der Waals surface area (Å²) in [6.45, 7) is 2.85. The molecular formula is C19H18ClF2NO3. The molecule has 0 spiro atoms. The lowest BCUT2D eigenvalue weighted by atomic mass is 9.83. The van der Waals surface area contributed by atoms with Crippen molar-refractivity contribution in [1.29, 1.82) is 0 Å². The first-order valence-electron chi connectivity index (χ1n) is 7.85. The smallest absolute Gasteiger partial charge is 0.312 e. The van der Waals surface area contributed by atoms with Crippen molar-refractivity contribution in [3.8, 4) is 0 Å². The third kappa shape index (κ3) is 4.38. The van der Waals surface area contributed by atoms with Gasteiger partial charge in [0.05, 0.1) is 11.3 Å². The van der Waals surface area contributed by atoms with Crippen LogP contribution in [0.1, 0.15) is 30.9 Å². The number of carbonyl (C=O) groups is 2. The van der Waals surface area contributed by atoms with Gasteiger partial charge in [-0.1, -0.05) is 29.8 Å². The largest absolute Gasteiger partial charge is 0.481 e. The van der Waals surface area contributed by atoms with Crippen molar-refractivity contribution in [2.45, 2.75) is 25.2 Å². The molecule has 2 aromatic carbocycles. The maximum Gasteiger partial charge on any atom is 0.312 e. The Morgan fingerprint density at radius 1 is 1.15 bits per heavy atom. The number of hydrogen-bond donors (Lipinski definition) is 2. The van der Waals surface area contributed by atoms with Crippen molar-refractivity contribution in [1.82, 2.24) is 5.32 Å². The summed E-state index contributed by atoms with van der Waals surface area (Å²) in [5.41, 5.74) is -0.733. The monoisotopic (exact) mass is 381 g/mol. The zero-order valence-electron chi connectivity index (χ0n) is 14.2. The van der Waals surface area contributed by atoms with Crippen molar-refractivity contribution in [3.63, 3.8) is 0 Å². The number of rotatable bonds is 6. The minimum atomic E-state index is -1.24. The molecule has 2 rings (SSSR count). The normalized spacial score (nSPS) is 12.5.